The lowest BCUT2D eigenvalue weighted by atomic mass is 10.1. The van der Waals surface area contributed by atoms with Crippen LogP contribution in [0.2, 0.25) is 0 Å². The van der Waals surface area contributed by atoms with Crippen molar-refractivity contribution in [3.63, 3.8) is 0 Å². The lowest BCUT2D eigenvalue weighted by Crippen LogP contribution is -1.99. The molecule has 0 N–H and O–H groups in total. The maximum absolute atomic E-state index is 11.3. The summed E-state index contributed by atoms with van der Waals surface area (Å²) in [5.41, 5.74) is 3.45. The minimum Gasteiger partial charge on any atom is -0.295 e. The Hall–Kier alpha value is -2.49. The predicted molar refractivity (Wildman–Crippen MR) is 81.9 cm³/mol. The molecule has 1 aromatic carbocycles. The summed E-state index contributed by atoms with van der Waals surface area (Å²) in [6.45, 7) is 9.15. The summed E-state index contributed by atoms with van der Waals surface area (Å²) in [5.74, 6) is 0.746. The minimum absolute atomic E-state index is 0.0549. The fourth-order valence-electron chi connectivity index (χ4n) is 1.88. The lowest BCUT2D eigenvalue weighted by Gasteiger charge is -2.06. The van der Waals surface area contributed by atoms with Crippen molar-refractivity contribution >= 4 is 17.6 Å². The average Bonchev–Trinajstić information content (AvgIpc) is 2.81. The molecule has 1 aromatic heterocycles. The zero-order valence-corrected chi connectivity index (χ0v) is 11.9. The van der Waals surface area contributed by atoms with E-state index in [1.807, 2.05) is 38.1 Å². The van der Waals surface area contributed by atoms with Crippen molar-refractivity contribution in [1.82, 2.24) is 9.66 Å². The van der Waals surface area contributed by atoms with Crippen molar-refractivity contribution < 1.29 is 4.79 Å². The largest absolute Gasteiger partial charge is 0.295 e. The molecule has 4 nitrogen and oxygen atoms in total. The van der Waals surface area contributed by atoms with Crippen LogP contribution in [0.3, 0.4) is 0 Å². The zero-order chi connectivity index (χ0) is 14.7. The first-order valence-corrected chi connectivity index (χ1v) is 6.36. The van der Waals surface area contributed by atoms with Crippen molar-refractivity contribution in [3.8, 4) is 11.3 Å². The van der Waals surface area contributed by atoms with Crippen LogP contribution in [-0.4, -0.2) is 21.2 Å². The molecule has 0 spiro atoms. The van der Waals surface area contributed by atoms with E-state index in [4.69, 9.17) is 0 Å². The molecule has 102 valence electrons. The number of imidazole rings is 1. The van der Waals surface area contributed by atoms with Crippen LogP contribution >= 0.6 is 0 Å². The summed E-state index contributed by atoms with van der Waals surface area (Å²) in [5, 5.41) is 4.46. The van der Waals surface area contributed by atoms with Gasteiger partial charge in [-0.3, -0.25) is 4.79 Å². The van der Waals surface area contributed by atoms with E-state index in [9.17, 15) is 4.79 Å². The Kier molecular flexibility index (Phi) is 3.94. The van der Waals surface area contributed by atoms with E-state index in [1.54, 1.807) is 23.9 Å². The summed E-state index contributed by atoms with van der Waals surface area (Å²) >= 11 is 0. The predicted octanol–water partition coefficient (Wildman–Crippen LogP) is 3.64. The van der Waals surface area contributed by atoms with E-state index < -0.39 is 0 Å². The molecule has 4 heteroatoms. The van der Waals surface area contributed by atoms with Gasteiger partial charge < -0.3 is 0 Å². The summed E-state index contributed by atoms with van der Waals surface area (Å²) in [6.07, 6.45) is 3.42. The molecule has 2 aromatic rings. The third kappa shape index (κ3) is 2.74. The van der Waals surface area contributed by atoms with Crippen LogP contribution in [0.4, 0.5) is 0 Å². The van der Waals surface area contributed by atoms with Crippen LogP contribution in [0.15, 0.2) is 42.1 Å². The molecule has 2 rings (SSSR count). The van der Waals surface area contributed by atoms with Crippen molar-refractivity contribution in [1.29, 1.82) is 0 Å². The number of carbonyl (C=O) groups excluding carboxylic acids is 1. The summed E-state index contributed by atoms with van der Waals surface area (Å²) in [6, 6.07) is 7.42. The number of benzene rings is 1. The van der Waals surface area contributed by atoms with Gasteiger partial charge in [0.2, 0.25) is 0 Å². The molecule has 0 aliphatic carbocycles. The number of carbonyl (C=O) groups is 1. The smallest absolute Gasteiger partial charge is 0.159 e. The molecule has 0 radical (unpaired) electrons. The van der Waals surface area contributed by atoms with Crippen molar-refractivity contribution in [2.24, 2.45) is 5.10 Å². The van der Waals surface area contributed by atoms with Gasteiger partial charge >= 0.3 is 0 Å². The van der Waals surface area contributed by atoms with Crippen LogP contribution in [0.5, 0.6) is 0 Å². The second-order valence-electron chi connectivity index (χ2n) is 4.70. The Labute approximate surface area is 118 Å². The van der Waals surface area contributed by atoms with Gasteiger partial charge in [-0.1, -0.05) is 30.8 Å². The monoisotopic (exact) mass is 267 g/mol. The van der Waals surface area contributed by atoms with E-state index in [1.165, 1.54) is 0 Å². The van der Waals surface area contributed by atoms with Gasteiger partial charge in [0.1, 0.15) is 0 Å². The zero-order valence-electron chi connectivity index (χ0n) is 11.9. The molecule has 0 saturated heterocycles. The topological polar surface area (TPSA) is 47.2 Å². The van der Waals surface area contributed by atoms with Gasteiger partial charge in [0.15, 0.2) is 11.6 Å². The van der Waals surface area contributed by atoms with Gasteiger partial charge in [-0.05, 0) is 26.8 Å². The quantitative estimate of drug-likeness (QED) is 0.627. The average molecular weight is 267 g/mol. The first-order chi connectivity index (χ1) is 9.52. The van der Waals surface area contributed by atoms with Crippen LogP contribution in [-0.2, 0) is 0 Å². The number of ketones is 1. The van der Waals surface area contributed by atoms with Gasteiger partial charge in [0, 0.05) is 16.8 Å². The third-order valence-corrected chi connectivity index (χ3v) is 2.83. The Morgan fingerprint density at radius 2 is 1.90 bits per heavy atom. The standard InChI is InChI=1S/C16H17N3O/c1-5-16-17-10-15(19(16)18-11(2)3)14-8-6-13(7-9-14)12(4)20/h5-10H,1H2,2-4H3. The maximum Gasteiger partial charge on any atom is 0.159 e. The number of nitrogens with zero attached hydrogens (tertiary/aromatic N) is 3. The molecule has 0 amide bonds. The molecule has 0 saturated carbocycles. The van der Waals surface area contributed by atoms with E-state index in [0.717, 1.165) is 17.0 Å². The molecule has 20 heavy (non-hydrogen) atoms. The number of hydrogen-bond acceptors (Lipinski definition) is 3. The van der Waals surface area contributed by atoms with Crippen molar-refractivity contribution in [3.05, 3.63) is 48.4 Å². The maximum atomic E-state index is 11.3. The summed E-state index contributed by atoms with van der Waals surface area (Å²) in [4.78, 5) is 15.6. The fourth-order valence-corrected chi connectivity index (χ4v) is 1.88. The number of Topliss-reactive ketones (excluding diaryl/α,β-unsaturated/α-hetero) is 1. The van der Waals surface area contributed by atoms with Gasteiger partial charge in [0.25, 0.3) is 0 Å². The Balaban J connectivity index is 2.52. The molecule has 0 aliphatic rings. The normalized spacial score (nSPS) is 10.2. The van der Waals surface area contributed by atoms with Gasteiger partial charge in [-0.25, -0.2) is 9.66 Å². The molecule has 0 unspecified atom stereocenters. The second-order valence-corrected chi connectivity index (χ2v) is 4.70. The molecule has 0 bridgehead atoms. The lowest BCUT2D eigenvalue weighted by molar-refractivity contribution is 0.101. The first-order valence-electron chi connectivity index (χ1n) is 6.36. The summed E-state index contributed by atoms with van der Waals surface area (Å²) in [7, 11) is 0. The molecular formula is C16H17N3O. The fraction of sp³-hybridized carbons (Fsp3) is 0.188. The second kappa shape index (κ2) is 5.65. The number of hydrogen-bond donors (Lipinski definition) is 0. The van der Waals surface area contributed by atoms with Crippen LogP contribution < -0.4 is 0 Å². The van der Waals surface area contributed by atoms with Gasteiger partial charge in [0.05, 0.1) is 11.9 Å². The van der Waals surface area contributed by atoms with Crippen LogP contribution in [0.1, 0.15) is 37.0 Å². The number of aromatic nitrogens is 2. The first kappa shape index (κ1) is 13.9. The minimum atomic E-state index is 0.0549. The molecule has 0 fully saturated rings. The van der Waals surface area contributed by atoms with Crippen molar-refractivity contribution in [2.75, 3.05) is 0 Å². The molecule has 0 aliphatic heterocycles. The number of rotatable bonds is 4. The van der Waals surface area contributed by atoms with E-state index >= 15 is 0 Å². The van der Waals surface area contributed by atoms with E-state index in [2.05, 4.69) is 16.7 Å². The highest BCUT2D eigenvalue weighted by atomic mass is 16.1. The highest BCUT2D eigenvalue weighted by Crippen LogP contribution is 2.22. The Bertz CT molecular complexity index is 674. The summed E-state index contributed by atoms with van der Waals surface area (Å²) < 4.78 is 1.76. The highest BCUT2D eigenvalue weighted by molar-refractivity contribution is 5.94. The third-order valence-electron chi connectivity index (χ3n) is 2.83. The van der Waals surface area contributed by atoms with Crippen LogP contribution in [0, 0.1) is 0 Å². The molecular weight excluding hydrogens is 250 g/mol. The van der Waals surface area contributed by atoms with Gasteiger partial charge in [-0.2, -0.15) is 5.10 Å². The Morgan fingerprint density at radius 3 is 2.40 bits per heavy atom. The molecule has 0 atom stereocenters. The molecule has 1 heterocycles. The Morgan fingerprint density at radius 1 is 1.25 bits per heavy atom. The van der Waals surface area contributed by atoms with Crippen molar-refractivity contribution in [2.45, 2.75) is 20.8 Å². The van der Waals surface area contributed by atoms with E-state index in [-0.39, 0.29) is 5.78 Å². The highest BCUT2D eigenvalue weighted by Gasteiger charge is 2.10. The van der Waals surface area contributed by atoms with Gasteiger partial charge in [-0.15, -0.1) is 0 Å². The van der Waals surface area contributed by atoms with E-state index in [0.29, 0.717) is 11.4 Å². The van der Waals surface area contributed by atoms with Crippen LogP contribution in [0.25, 0.3) is 17.3 Å². The SMILES string of the molecule is C=Cc1ncc(-c2ccc(C(C)=O)cc2)n1N=C(C)C.